The number of nitrogens with zero attached hydrogens (tertiary/aromatic N) is 1. The maximum Gasteiger partial charge on any atom is 0.324 e. The molecule has 3 rings (SSSR count). The van der Waals surface area contributed by atoms with Crippen molar-refractivity contribution >= 4 is 29.4 Å². The molecule has 0 radical (unpaired) electrons. The highest BCUT2D eigenvalue weighted by Gasteiger charge is 2.28. The van der Waals surface area contributed by atoms with Gasteiger partial charge in [-0.05, 0) is 36.2 Å². The maximum atomic E-state index is 12.1. The summed E-state index contributed by atoms with van der Waals surface area (Å²) in [6.45, 7) is 0.559. The number of carbonyl (C=O) groups excluding carboxylic acids is 4. The minimum atomic E-state index is -0.415. The van der Waals surface area contributed by atoms with Gasteiger partial charge < -0.3 is 16.0 Å². The van der Waals surface area contributed by atoms with E-state index in [-0.39, 0.29) is 37.2 Å². The lowest BCUT2D eigenvalue weighted by molar-refractivity contribution is -0.125. The predicted octanol–water partition coefficient (Wildman–Crippen LogP) is 1.89. The second kappa shape index (κ2) is 9.50. The monoisotopic (exact) mass is 394 g/mol. The molecule has 8 heteroatoms. The van der Waals surface area contributed by atoms with Crippen LogP contribution >= 0.6 is 0 Å². The average molecular weight is 394 g/mol. The molecule has 1 fully saturated rings. The lowest BCUT2D eigenvalue weighted by Crippen LogP contribution is -2.30. The van der Waals surface area contributed by atoms with Gasteiger partial charge in [0.15, 0.2) is 0 Å². The number of imide groups is 1. The molecule has 8 nitrogen and oxygen atoms in total. The van der Waals surface area contributed by atoms with Crippen molar-refractivity contribution in [2.75, 3.05) is 18.4 Å². The van der Waals surface area contributed by atoms with Crippen molar-refractivity contribution in [2.45, 2.75) is 19.4 Å². The molecule has 1 aliphatic heterocycles. The zero-order valence-corrected chi connectivity index (χ0v) is 15.8. The summed E-state index contributed by atoms with van der Waals surface area (Å²) in [5.74, 6) is -0.618. The van der Waals surface area contributed by atoms with Crippen molar-refractivity contribution in [1.82, 2.24) is 15.5 Å². The molecule has 1 heterocycles. The van der Waals surface area contributed by atoms with Crippen molar-refractivity contribution in [2.24, 2.45) is 0 Å². The van der Waals surface area contributed by atoms with Crippen molar-refractivity contribution < 1.29 is 19.2 Å². The summed E-state index contributed by atoms with van der Waals surface area (Å²) in [7, 11) is 0. The average Bonchev–Trinajstić information content (AvgIpc) is 3.04. The second-order valence-electron chi connectivity index (χ2n) is 6.61. The highest BCUT2D eigenvalue weighted by Crippen LogP contribution is 2.15. The Morgan fingerprint density at radius 3 is 2.55 bits per heavy atom. The normalized spacial score (nSPS) is 13.2. The molecule has 0 bridgehead atoms. The fourth-order valence-corrected chi connectivity index (χ4v) is 2.91. The van der Waals surface area contributed by atoms with E-state index in [4.69, 9.17) is 0 Å². The van der Waals surface area contributed by atoms with Crippen LogP contribution in [0.15, 0.2) is 54.6 Å². The van der Waals surface area contributed by atoms with Crippen molar-refractivity contribution in [3.8, 4) is 0 Å². The van der Waals surface area contributed by atoms with Gasteiger partial charge >= 0.3 is 6.03 Å². The molecule has 0 aromatic heterocycles. The SMILES string of the molecule is O=C(CCCNC(=O)c1ccccc1)Nc1cccc(CN2C(=O)CNC2=O)c1. The molecular formula is C21H22N4O4. The predicted molar refractivity (Wildman–Crippen MR) is 107 cm³/mol. The maximum absolute atomic E-state index is 12.1. The zero-order valence-electron chi connectivity index (χ0n) is 15.8. The van der Waals surface area contributed by atoms with Gasteiger partial charge in [0.2, 0.25) is 11.8 Å². The summed E-state index contributed by atoms with van der Waals surface area (Å²) in [5, 5.41) is 8.05. The summed E-state index contributed by atoms with van der Waals surface area (Å²) < 4.78 is 0. The number of amides is 5. The van der Waals surface area contributed by atoms with Crippen LogP contribution in [-0.2, 0) is 16.1 Å². The van der Waals surface area contributed by atoms with Gasteiger partial charge in [0.1, 0.15) is 0 Å². The molecule has 0 spiro atoms. The molecule has 2 aromatic carbocycles. The minimum Gasteiger partial charge on any atom is -0.352 e. The van der Waals surface area contributed by atoms with Crippen LogP contribution in [0.4, 0.5) is 10.5 Å². The fraction of sp³-hybridized carbons (Fsp3) is 0.238. The summed E-state index contributed by atoms with van der Waals surface area (Å²) >= 11 is 0. The molecule has 150 valence electrons. The smallest absolute Gasteiger partial charge is 0.324 e. The van der Waals surface area contributed by atoms with Crippen LogP contribution in [0.2, 0.25) is 0 Å². The number of hydrogen-bond donors (Lipinski definition) is 3. The van der Waals surface area contributed by atoms with Crippen LogP contribution in [-0.4, -0.2) is 41.7 Å². The lowest BCUT2D eigenvalue weighted by atomic mass is 10.2. The molecule has 1 saturated heterocycles. The Morgan fingerprint density at radius 1 is 1.03 bits per heavy atom. The number of carbonyl (C=O) groups is 4. The highest BCUT2D eigenvalue weighted by atomic mass is 16.2. The number of rotatable bonds is 8. The van der Waals surface area contributed by atoms with E-state index in [1.54, 1.807) is 48.5 Å². The van der Waals surface area contributed by atoms with Gasteiger partial charge in [0, 0.05) is 24.2 Å². The van der Waals surface area contributed by atoms with E-state index in [0.717, 1.165) is 10.5 Å². The molecule has 0 saturated carbocycles. The Bertz CT molecular complexity index is 898. The summed E-state index contributed by atoms with van der Waals surface area (Å²) in [6.07, 6.45) is 0.763. The fourth-order valence-electron chi connectivity index (χ4n) is 2.91. The topological polar surface area (TPSA) is 108 Å². The first-order chi connectivity index (χ1) is 14.0. The van der Waals surface area contributed by atoms with Gasteiger partial charge in [0.25, 0.3) is 5.91 Å². The molecule has 1 aliphatic rings. The Labute approximate surface area is 168 Å². The van der Waals surface area contributed by atoms with Crippen LogP contribution in [0.3, 0.4) is 0 Å². The van der Waals surface area contributed by atoms with Crippen molar-refractivity contribution in [3.05, 3.63) is 65.7 Å². The van der Waals surface area contributed by atoms with Gasteiger partial charge in [-0.3, -0.25) is 19.3 Å². The summed E-state index contributed by atoms with van der Waals surface area (Å²) in [5.41, 5.74) is 1.91. The number of anilines is 1. The quantitative estimate of drug-likeness (QED) is 0.469. The molecule has 29 heavy (non-hydrogen) atoms. The summed E-state index contributed by atoms with van der Waals surface area (Å²) in [4.78, 5) is 48.5. The minimum absolute atomic E-state index is 0.00999. The van der Waals surface area contributed by atoms with E-state index in [2.05, 4.69) is 16.0 Å². The first-order valence-electron chi connectivity index (χ1n) is 9.33. The third-order valence-electron chi connectivity index (χ3n) is 4.39. The molecule has 0 aliphatic carbocycles. The Hall–Kier alpha value is -3.68. The standard InChI is InChI=1S/C21H22N4O4/c26-18(10-5-11-22-20(28)16-7-2-1-3-8-16)24-17-9-4-6-15(12-17)14-25-19(27)13-23-21(25)29/h1-4,6-9,12H,5,10-11,13-14H2,(H,22,28)(H,23,29)(H,24,26). The van der Waals surface area contributed by atoms with Gasteiger partial charge in [0.05, 0.1) is 13.1 Å². The van der Waals surface area contributed by atoms with E-state index in [9.17, 15) is 19.2 Å². The van der Waals surface area contributed by atoms with E-state index in [1.807, 2.05) is 6.07 Å². The first kappa shape index (κ1) is 20.1. The van der Waals surface area contributed by atoms with Crippen LogP contribution in [0.5, 0.6) is 0 Å². The molecule has 0 atom stereocenters. The Balaban J connectivity index is 1.43. The first-order valence-corrected chi connectivity index (χ1v) is 9.33. The highest BCUT2D eigenvalue weighted by molar-refractivity contribution is 6.01. The van der Waals surface area contributed by atoms with E-state index < -0.39 is 6.03 Å². The molecule has 3 N–H and O–H groups in total. The number of nitrogens with one attached hydrogen (secondary N) is 3. The van der Waals surface area contributed by atoms with Crippen molar-refractivity contribution in [3.63, 3.8) is 0 Å². The van der Waals surface area contributed by atoms with E-state index in [1.165, 1.54) is 0 Å². The Kier molecular flexibility index (Phi) is 6.57. The summed E-state index contributed by atoms with van der Waals surface area (Å²) in [6, 6.07) is 15.5. The zero-order chi connectivity index (χ0) is 20.6. The third-order valence-corrected chi connectivity index (χ3v) is 4.39. The molecule has 0 unspecified atom stereocenters. The lowest BCUT2D eigenvalue weighted by Gasteiger charge is -2.13. The molecule has 5 amide bonds. The number of urea groups is 1. The third kappa shape index (κ3) is 5.65. The number of hydrogen-bond acceptors (Lipinski definition) is 4. The second-order valence-corrected chi connectivity index (χ2v) is 6.61. The molecular weight excluding hydrogens is 372 g/mol. The number of benzene rings is 2. The molecule has 2 aromatic rings. The van der Waals surface area contributed by atoms with Gasteiger partial charge in [-0.2, -0.15) is 0 Å². The van der Waals surface area contributed by atoms with Gasteiger partial charge in [-0.15, -0.1) is 0 Å². The van der Waals surface area contributed by atoms with Gasteiger partial charge in [-0.25, -0.2) is 4.79 Å². The van der Waals surface area contributed by atoms with Crippen LogP contribution in [0.1, 0.15) is 28.8 Å². The Morgan fingerprint density at radius 2 is 1.83 bits per heavy atom. The van der Waals surface area contributed by atoms with Crippen LogP contribution < -0.4 is 16.0 Å². The van der Waals surface area contributed by atoms with E-state index >= 15 is 0 Å². The van der Waals surface area contributed by atoms with Crippen LogP contribution in [0.25, 0.3) is 0 Å². The van der Waals surface area contributed by atoms with Crippen LogP contribution in [0, 0.1) is 0 Å². The van der Waals surface area contributed by atoms with Crippen molar-refractivity contribution in [1.29, 1.82) is 0 Å². The largest absolute Gasteiger partial charge is 0.352 e. The van der Waals surface area contributed by atoms with E-state index in [0.29, 0.717) is 24.2 Å². The van der Waals surface area contributed by atoms with Gasteiger partial charge in [-0.1, -0.05) is 30.3 Å².